The first-order valence-corrected chi connectivity index (χ1v) is 6.61. The third-order valence-electron chi connectivity index (χ3n) is 2.90. The van der Waals surface area contributed by atoms with Gasteiger partial charge in [-0.1, -0.05) is 34.1 Å². The van der Waals surface area contributed by atoms with Crippen molar-refractivity contribution in [2.45, 2.75) is 13.8 Å². The van der Waals surface area contributed by atoms with Gasteiger partial charge in [0.25, 0.3) is 5.91 Å². The predicted octanol–water partition coefficient (Wildman–Crippen LogP) is 4.46. The van der Waals surface area contributed by atoms with E-state index in [2.05, 4.69) is 21.2 Å². The first kappa shape index (κ1) is 13.7. The van der Waals surface area contributed by atoms with Crippen LogP contribution in [0.5, 0.6) is 0 Å². The molecule has 0 atom stereocenters. The molecule has 1 N–H and O–H groups in total. The van der Waals surface area contributed by atoms with Crippen molar-refractivity contribution in [3.63, 3.8) is 0 Å². The zero-order chi connectivity index (χ0) is 14.0. The maximum Gasteiger partial charge on any atom is 0.256 e. The van der Waals surface area contributed by atoms with E-state index in [-0.39, 0.29) is 11.6 Å². The van der Waals surface area contributed by atoms with Gasteiger partial charge in [-0.15, -0.1) is 0 Å². The molecule has 0 heterocycles. The maximum absolute atomic E-state index is 13.7. The molecule has 0 aromatic heterocycles. The summed E-state index contributed by atoms with van der Waals surface area (Å²) < 4.78 is 14.5. The predicted molar refractivity (Wildman–Crippen MR) is 78.0 cm³/mol. The number of nitrogens with one attached hydrogen (secondary N) is 1. The summed E-state index contributed by atoms with van der Waals surface area (Å²) in [7, 11) is 0. The molecule has 0 fully saturated rings. The molecule has 2 aromatic carbocycles. The van der Waals surface area contributed by atoms with E-state index in [4.69, 9.17) is 0 Å². The molecule has 98 valence electrons. The highest BCUT2D eigenvalue weighted by molar-refractivity contribution is 9.10. The fourth-order valence-corrected chi connectivity index (χ4v) is 2.17. The molecule has 1 amide bonds. The second-order valence-corrected chi connectivity index (χ2v) is 5.26. The Balaban J connectivity index is 2.34. The van der Waals surface area contributed by atoms with Crippen LogP contribution in [-0.2, 0) is 0 Å². The minimum atomic E-state index is -0.430. The number of amides is 1. The Morgan fingerprint density at radius 1 is 1.16 bits per heavy atom. The number of benzene rings is 2. The molecule has 2 aromatic rings. The highest BCUT2D eigenvalue weighted by Crippen LogP contribution is 2.21. The summed E-state index contributed by atoms with van der Waals surface area (Å²) in [6, 6.07) is 10.1. The lowest BCUT2D eigenvalue weighted by molar-refractivity contribution is 0.102. The summed E-state index contributed by atoms with van der Waals surface area (Å²) in [5.74, 6) is -0.743. The fraction of sp³-hybridized carbons (Fsp3) is 0.133. The van der Waals surface area contributed by atoms with Crippen LogP contribution in [0.1, 0.15) is 21.5 Å². The minimum Gasteiger partial charge on any atom is -0.319 e. The smallest absolute Gasteiger partial charge is 0.256 e. The van der Waals surface area contributed by atoms with Crippen LogP contribution in [0.25, 0.3) is 0 Å². The van der Waals surface area contributed by atoms with E-state index in [1.54, 1.807) is 25.1 Å². The average Bonchev–Trinajstić information content (AvgIpc) is 2.37. The Morgan fingerprint density at radius 3 is 2.58 bits per heavy atom. The largest absolute Gasteiger partial charge is 0.319 e. The lowest BCUT2D eigenvalue weighted by Crippen LogP contribution is -2.15. The standard InChI is InChI=1S/C15H13BrFNO/c1-9-6-7-11(16)8-12(9)15(19)18-14-10(2)4-3-5-13(14)17/h3-8H,1-2H3,(H,18,19). The van der Waals surface area contributed by atoms with E-state index >= 15 is 0 Å². The fourth-order valence-electron chi connectivity index (χ4n) is 1.81. The first-order valence-electron chi connectivity index (χ1n) is 5.81. The Bertz CT molecular complexity index is 620. The minimum absolute atomic E-state index is 0.229. The molecule has 19 heavy (non-hydrogen) atoms. The molecule has 0 saturated carbocycles. The zero-order valence-corrected chi connectivity index (χ0v) is 12.2. The van der Waals surface area contributed by atoms with Crippen molar-refractivity contribution in [2.24, 2.45) is 0 Å². The lowest BCUT2D eigenvalue weighted by Gasteiger charge is -2.11. The monoisotopic (exact) mass is 321 g/mol. The van der Waals surface area contributed by atoms with Crippen molar-refractivity contribution >= 4 is 27.5 Å². The van der Waals surface area contributed by atoms with E-state index in [0.717, 1.165) is 10.0 Å². The van der Waals surface area contributed by atoms with Crippen LogP contribution in [0.15, 0.2) is 40.9 Å². The summed E-state index contributed by atoms with van der Waals surface area (Å²) in [6.45, 7) is 3.60. The van der Waals surface area contributed by atoms with Gasteiger partial charge in [-0.05, 0) is 43.2 Å². The third kappa shape index (κ3) is 3.01. The van der Waals surface area contributed by atoms with Crippen molar-refractivity contribution in [3.8, 4) is 0 Å². The molecule has 4 heteroatoms. The van der Waals surface area contributed by atoms with Gasteiger partial charge < -0.3 is 5.32 Å². The van der Waals surface area contributed by atoms with Crippen LogP contribution in [0, 0.1) is 19.7 Å². The Labute approximate surface area is 119 Å². The number of hydrogen-bond acceptors (Lipinski definition) is 1. The summed E-state index contributed by atoms with van der Waals surface area (Å²) >= 11 is 3.32. The van der Waals surface area contributed by atoms with Gasteiger partial charge in [0.2, 0.25) is 0 Å². The number of anilines is 1. The van der Waals surface area contributed by atoms with Crippen molar-refractivity contribution in [1.29, 1.82) is 0 Å². The molecule has 0 radical (unpaired) electrons. The van der Waals surface area contributed by atoms with Crippen LogP contribution in [0.4, 0.5) is 10.1 Å². The molecular weight excluding hydrogens is 309 g/mol. The number of carbonyl (C=O) groups excluding carboxylic acids is 1. The Morgan fingerprint density at radius 2 is 1.89 bits per heavy atom. The zero-order valence-electron chi connectivity index (χ0n) is 10.6. The van der Waals surface area contributed by atoms with E-state index in [9.17, 15) is 9.18 Å². The molecule has 0 aliphatic rings. The van der Waals surface area contributed by atoms with Gasteiger partial charge >= 0.3 is 0 Å². The highest BCUT2D eigenvalue weighted by atomic mass is 79.9. The van der Waals surface area contributed by atoms with E-state index in [0.29, 0.717) is 11.1 Å². The summed E-state index contributed by atoms with van der Waals surface area (Å²) in [5.41, 5.74) is 2.29. The van der Waals surface area contributed by atoms with Crippen LogP contribution in [0.2, 0.25) is 0 Å². The molecule has 2 nitrogen and oxygen atoms in total. The Hall–Kier alpha value is -1.68. The van der Waals surface area contributed by atoms with Crippen molar-refractivity contribution in [3.05, 3.63) is 63.4 Å². The van der Waals surface area contributed by atoms with Crippen molar-refractivity contribution in [1.82, 2.24) is 0 Å². The van der Waals surface area contributed by atoms with Gasteiger partial charge in [0.05, 0.1) is 5.69 Å². The van der Waals surface area contributed by atoms with Crippen molar-refractivity contribution in [2.75, 3.05) is 5.32 Å². The van der Waals surface area contributed by atoms with Gasteiger partial charge in [0.1, 0.15) is 5.82 Å². The third-order valence-corrected chi connectivity index (χ3v) is 3.40. The van der Waals surface area contributed by atoms with E-state index in [1.807, 2.05) is 19.1 Å². The summed E-state index contributed by atoms with van der Waals surface area (Å²) in [5, 5.41) is 2.63. The summed E-state index contributed by atoms with van der Waals surface area (Å²) in [6.07, 6.45) is 0. The lowest BCUT2D eigenvalue weighted by atomic mass is 10.1. The number of aryl methyl sites for hydroxylation is 2. The van der Waals surface area contributed by atoms with Gasteiger partial charge in [-0.3, -0.25) is 4.79 Å². The van der Waals surface area contributed by atoms with Crippen molar-refractivity contribution < 1.29 is 9.18 Å². The van der Waals surface area contributed by atoms with Gasteiger partial charge in [0.15, 0.2) is 0 Å². The van der Waals surface area contributed by atoms with Gasteiger partial charge in [-0.2, -0.15) is 0 Å². The number of para-hydroxylation sites is 1. The number of halogens is 2. The average molecular weight is 322 g/mol. The molecule has 0 bridgehead atoms. The van der Waals surface area contributed by atoms with E-state index < -0.39 is 5.82 Å². The second-order valence-electron chi connectivity index (χ2n) is 4.35. The Kier molecular flexibility index (Phi) is 4.00. The number of rotatable bonds is 2. The molecule has 0 unspecified atom stereocenters. The normalized spacial score (nSPS) is 10.3. The highest BCUT2D eigenvalue weighted by Gasteiger charge is 2.13. The number of carbonyl (C=O) groups is 1. The molecule has 2 rings (SSSR count). The summed E-state index contributed by atoms with van der Waals surface area (Å²) in [4.78, 5) is 12.2. The van der Waals surface area contributed by atoms with Gasteiger partial charge in [-0.25, -0.2) is 4.39 Å². The van der Waals surface area contributed by atoms with Gasteiger partial charge in [0, 0.05) is 10.0 Å². The van der Waals surface area contributed by atoms with E-state index in [1.165, 1.54) is 6.07 Å². The SMILES string of the molecule is Cc1ccc(Br)cc1C(=O)Nc1c(C)cccc1F. The molecular formula is C15H13BrFNO. The molecule has 0 aliphatic heterocycles. The van der Waals surface area contributed by atoms with Crippen LogP contribution >= 0.6 is 15.9 Å². The maximum atomic E-state index is 13.7. The molecule has 0 saturated heterocycles. The molecule has 0 aliphatic carbocycles. The molecule has 0 spiro atoms. The van der Waals surface area contributed by atoms with Crippen LogP contribution in [-0.4, -0.2) is 5.91 Å². The quantitative estimate of drug-likeness (QED) is 0.869. The first-order chi connectivity index (χ1) is 8.99. The number of hydrogen-bond donors (Lipinski definition) is 1. The van der Waals surface area contributed by atoms with Crippen LogP contribution in [0.3, 0.4) is 0 Å². The van der Waals surface area contributed by atoms with Crippen LogP contribution < -0.4 is 5.32 Å². The second kappa shape index (κ2) is 5.53. The topological polar surface area (TPSA) is 29.1 Å².